The summed E-state index contributed by atoms with van der Waals surface area (Å²) >= 11 is 0. The Hall–Kier alpha value is -2.13. The fourth-order valence-corrected chi connectivity index (χ4v) is 2.93. The summed E-state index contributed by atoms with van der Waals surface area (Å²) in [5.74, 6) is 0.795. The van der Waals surface area contributed by atoms with Gasteiger partial charge in [-0.3, -0.25) is 4.68 Å². The molecule has 3 rings (SSSR count). The number of hydrogen-bond acceptors (Lipinski definition) is 5. The number of aromatic nitrogens is 3. The molecule has 0 atom stereocenters. The Morgan fingerprint density at radius 1 is 1.29 bits per heavy atom. The fraction of sp³-hybridized carbons (Fsp3) is 0.533. The normalized spacial score (nSPS) is 16.4. The van der Waals surface area contributed by atoms with Crippen LogP contribution in [-0.4, -0.2) is 52.4 Å². The van der Waals surface area contributed by atoms with Gasteiger partial charge in [-0.2, -0.15) is 10.4 Å². The van der Waals surface area contributed by atoms with E-state index in [1.807, 2.05) is 20.0 Å². The van der Waals surface area contributed by atoms with Crippen molar-refractivity contribution in [3.63, 3.8) is 0 Å². The molecule has 0 spiro atoms. The van der Waals surface area contributed by atoms with Gasteiger partial charge >= 0.3 is 0 Å². The first-order valence-corrected chi connectivity index (χ1v) is 7.35. The summed E-state index contributed by atoms with van der Waals surface area (Å²) in [6, 6.07) is 4.21. The number of likely N-dealkylation sites (N-methyl/N-ethyl adjacent to an activating group) is 1. The first-order valence-electron chi connectivity index (χ1n) is 7.35. The molecular weight excluding hydrogens is 264 g/mol. The zero-order chi connectivity index (χ0) is 15.0. The largest absolute Gasteiger partial charge is 0.353 e. The van der Waals surface area contributed by atoms with Crippen LogP contribution >= 0.6 is 0 Å². The average molecular weight is 284 g/mol. The summed E-state index contributed by atoms with van der Waals surface area (Å²) < 4.78 is 1.79. The van der Waals surface area contributed by atoms with Crippen LogP contribution in [0.5, 0.6) is 0 Å². The molecule has 2 aromatic rings. The lowest BCUT2D eigenvalue weighted by Crippen LogP contribution is -2.46. The van der Waals surface area contributed by atoms with Crippen molar-refractivity contribution < 1.29 is 0 Å². The van der Waals surface area contributed by atoms with Gasteiger partial charge in [0.2, 0.25) is 0 Å². The van der Waals surface area contributed by atoms with Crippen LogP contribution < -0.4 is 4.90 Å². The SMILES string of the molecule is CCN1CCN(c2nc3c(cc2C#N)c(C)nn3C)CC1. The Balaban J connectivity index is 2.02. The van der Waals surface area contributed by atoms with Crippen LogP contribution in [0.15, 0.2) is 6.07 Å². The molecule has 6 heteroatoms. The van der Waals surface area contributed by atoms with Crippen LogP contribution in [0, 0.1) is 18.3 Å². The number of pyridine rings is 1. The molecule has 2 aromatic heterocycles. The van der Waals surface area contributed by atoms with Crippen LogP contribution in [0.2, 0.25) is 0 Å². The number of piperazine rings is 1. The van der Waals surface area contributed by atoms with Crippen molar-refractivity contribution in [2.45, 2.75) is 13.8 Å². The van der Waals surface area contributed by atoms with Gasteiger partial charge in [0.25, 0.3) is 0 Å². The predicted molar refractivity (Wildman–Crippen MR) is 82.3 cm³/mol. The van der Waals surface area contributed by atoms with Crippen molar-refractivity contribution in [2.75, 3.05) is 37.6 Å². The molecule has 1 fully saturated rings. The number of aryl methyl sites for hydroxylation is 2. The maximum atomic E-state index is 9.45. The predicted octanol–water partition coefficient (Wildman–Crippen LogP) is 1.29. The summed E-state index contributed by atoms with van der Waals surface area (Å²) in [6.45, 7) is 9.07. The van der Waals surface area contributed by atoms with Crippen LogP contribution in [-0.2, 0) is 7.05 Å². The standard InChI is InChI=1S/C15H20N6/c1-4-20-5-7-21(8-6-20)14-12(10-16)9-13-11(2)18-19(3)15(13)17-14/h9H,4-8H2,1-3H3. The second-order valence-corrected chi connectivity index (χ2v) is 5.47. The first-order chi connectivity index (χ1) is 10.1. The third-order valence-electron chi connectivity index (χ3n) is 4.22. The lowest BCUT2D eigenvalue weighted by atomic mass is 10.2. The van der Waals surface area contributed by atoms with Crippen LogP contribution in [0.3, 0.4) is 0 Å². The van der Waals surface area contributed by atoms with E-state index in [9.17, 15) is 5.26 Å². The topological polar surface area (TPSA) is 61.0 Å². The minimum absolute atomic E-state index is 0.642. The lowest BCUT2D eigenvalue weighted by Gasteiger charge is -2.35. The monoisotopic (exact) mass is 284 g/mol. The van der Waals surface area contributed by atoms with E-state index in [2.05, 4.69) is 27.9 Å². The molecule has 0 aliphatic carbocycles. The van der Waals surface area contributed by atoms with Gasteiger partial charge in [-0.05, 0) is 19.5 Å². The molecule has 0 N–H and O–H groups in total. The summed E-state index contributed by atoms with van der Waals surface area (Å²) in [7, 11) is 1.90. The highest BCUT2D eigenvalue weighted by atomic mass is 15.3. The van der Waals surface area contributed by atoms with E-state index >= 15 is 0 Å². The average Bonchev–Trinajstić information content (AvgIpc) is 2.80. The number of hydrogen-bond donors (Lipinski definition) is 0. The van der Waals surface area contributed by atoms with Crippen molar-refractivity contribution in [3.8, 4) is 6.07 Å². The Morgan fingerprint density at radius 2 is 2.00 bits per heavy atom. The number of fused-ring (bicyclic) bond motifs is 1. The molecule has 6 nitrogen and oxygen atoms in total. The molecule has 21 heavy (non-hydrogen) atoms. The van der Waals surface area contributed by atoms with E-state index in [1.54, 1.807) is 4.68 Å². The van der Waals surface area contributed by atoms with Gasteiger partial charge < -0.3 is 9.80 Å². The number of rotatable bonds is 2. The Bertz CT molecular complexity index is 703. The number of nitrogens with zero attached hydrogens (tertiary/aromatic N) is 6. The minimum atomic E-state index is 0.642. The van der Waals surface area contributed by atoms with Gasteiger partial charge in [0.1, 0.15) is 11.9 Å². The van der Waals surface area contributed by atoms with E-state index in [4.69, 9.17) is 4.98 Å². The van der Waals surface area contributed by atoms with Crippen molar-refractivity contribution in [1.29, 1.82) is 5.26 Å². The van der Waals surface area contributed by atoms with E-state index in [-0.39, 0.29) is 0 Å². The highest BCUT2D eigenvalue weighted by Gasteiger charge is 2.21. The van der Waals surface area contributed by atoms with Gasteiger partial charge in [0, 0.05) is 38.6 Å². The van der Waals surface area contributed by atoms with Crippen molar-refractivity contribution >= 4 is 16.9 Å². The molecule has 0 radical (unpaired) electrons. The molecule has 0 saturated carbocycles. The van der Waals surface area contributed by atoms with Gasteiger partial charge in [-0.25, -0.2) is 4.98 Å². The second-order valence-electron chi connectivity index (χ2n) is 5.47. The van der Waals surface area contributed by atoms with E-state index in [0.717, 1.165) is 55.3 Å². The van der Waals surface area contributed by atoms with Crippen molar-refractivity contribution in [2.24, 2.45) is 7.05 Å². The first kappa shape index (κ1) is 13.8. The van der Waals surface area contributed by atoms with Gasteiger partial charge in [-0.15, -0.1) is 0 Å². The third-order valence-corrected chi connectivity index (χ3v) is 4.22. The van der Waals surface area contributed by atoms with Gasteiger partial charge in [0.05, 0.1) is 11.3 Å². The van der Waals surface area contributed by atoms with Crippen LogP contribution in [0.1, 0.15) is 18.2 Å². The third kappa shape index (κ3) is 2.34. The molecular formula is C15H20N6. The van der Waals surface area contributed by atoms with Crippen molar-refractivity contribution in [3.05, 3.63) is 17.3 Å². The molecule has 1 saturated heterocycles. The Morgan fingerprint density at radius 3 is 2.62 bits per heavy atom. The smallest absolute Gasteiger partial charge is 0.160 e. The summed E-state index contributed by atoms with van der Waals surface area (Å²) in [5.41, 5.74) is 2.40. The van der Waals surface area contributed by atoms with E-state index in [1.165, 1.54) is 0 Å². The quantitative estimate of drug-likeness (QED) is 0.831. The summed E-state index contributed by atoms with van der Waals surface area (Å²) in [6.07, 6.45) is 0. The van der Waals surface area contributed by atoms with Gasteiger partial charge in [0.15, 0.2) is 5.65 Å². The Labute approximate surface area is 124 Å². The molecule has 0 amide bonds. The number of nitriles is 1. The number of anilines is 1. The fourth-order valence-electron chi connectivity index (χ4n) is 2.93. The van der Waals surface area contributed by atoms with E-state index < -0.39 is 0 Å². The molecule has 1 aliphatic heterocycles. The maximum absolute atomic E-state index is 9.45. The zero-order valence-corrected chi connectivity index (χ0v) is 12.8. The minimum Gasteiger partial charge on any atom is -0.353 e. The molecule has 0 bridgehead atoms. The van der Waals surface area contributed by atoms with Crippen molar-refractivity contribution in [1.82, 2.24) is 19.7 Å². The molecule has 0 unspecified atom stereocenters. The highest BCUT2D eigenvalue weighted by Crippen LogP contribution is 2.25. The Kier molecular flexibility index (Phi) is 3.52. The lowest BCUT2D eigenvalue weighted by molar-refractivity contribution is 0.270. The summed E-state index contributed by atoms with van der Waals surface area (Å²) in [4.78, 5) is 9.35. The van der Waals surface area contributed by atoms with Crippen LogP contribution in [0.4, 0.5) is 5.82 Å². The summed E-state index contributed by atoms with van der Waals surface area (Å²) in [5, 5.41) is 14.8. The van der Waals surface area contributed by atoms with Crippen LogP contribution in [0.25, 0.3) is 11.0 Å². The highest BCUT2D eigenvalue weighted by molar-refractivity contribution is 5.82. The second kappa shape index (κ2) is 5.34. The maximum Gasteiger partial charge on any atom is 0.160 e. The molecule has 110 valence electrons. The molecule has 3 heterocycles. The van der Waals surface area contributed by atoms with E-state index in [0.29, 0.717) is 5.56 Å². The molecule has 0 aromatic carbocycles. The molecule has 1 aliphatic rings. The zero-order valence-electron chi connectivity index (χ0n) is 12.8. The van der Waals surface area contributed by atoms with Gasteiger partial charge in [-0.1, -0.05) is 6.92 Å².